The molecule has 0 saturated carbocycles. The van der Waals surface area contributed by atoms with Crippen LogP contribution >= 0.6 is 0 Å². The van der Waals surface area contributed by atoms with Crippen molar-refractivity contribution in [2.24, 2.45) is 0 Å². The van der Waals surface area contributed by atoms with Crippen LogP contribution in [-0.2, 0) is 10.1 Å². The standard InChI is InChI=1S/C19H40O4S.K/c1-3-5-7-8-9-10-11-12-13-15-16-18(20)19(24(21,22)23)17-14-6-4-2;/h18-20H,3-17H2,1-2H3,(H,21,22,23);/q;+1/p-1. The average molecular weight is 403 g/mol. The van der Waals surface area contributed by atoms with Gasteiger partial charge in [0.15, 0.2) is 0 Å². The van der Waals surface area contributed by atoms with Crippen LogP contribution in [0.15, 0.2) is 0 Å². The van der Waals surface area contributed by atoms with Crippen LogP contribution in [-0.4, -0.2) is 29.4 Å². The van der Waals surface area contributed by atoms with Crippen molar-refractivity contribution >= 4 is 10.1 Å². The molecule has 2 atom stereocenters. The topological polar surface area (TPSA) is 77.4 Å². The van der Waals surface area contributed by atoms with E-state index < -0.39 is 21.5 Å². The van der Waals surface area contributed by atoms with E-state index in [0.717, 1.165) is 32.1 Å². The van der Waals surface area contributed by atoms with Crippen molar-refractivity contribution in [3.63, 3.8) is 0 Å². The monoisotopic (exact) mass is 402 g/mol. The molecule has 6 heteroatoms. The zero-order chi connectivity index (χ0) is 18.3. The molecule has 0 spiro atoms. The number of unbranched alkanes of at least 4 members (excludes halogenated alkanes) is 11. The summed E-state index contributed by atoms with van der Waals surface area (Å²) in [5, 5.41) is 8.97. The summed E-state index contributed by atoms with van der Waals surface area (Å²) in [4.78, 5) is 0. The molecule has 1 N–H and O–H groups in total. The number of hydrogen-bond donors (Lipinski definition) is 1. The van der Waals surface area contributed by atoms with E-state index in [1.165, 1.54) is 44.9 Å². The Bertz CT molecular complexity index is 374. The normalized spacial score (nSPS) is 14.1. The molecule has 0 saturated heterocycles. The first kappa shape index (κ1) is 28.7. The fraction of sp³-hybridized carbons (Fsp3) is 1.00. The van der Waals surface area contributed by atoms with E-state index in [1.807, 2.05) is 6.92 Å². The molecule has 4 nitrogen and oxygen atoms in total. The Morgan fingerprint density at radius 2 is 1.08 bits per heavy atom. The van der Waals surface area contributed by atoms with Crippen LogP contribution in [0.4, 0.5) is 0 Å². The predicted octanol–water partition coefficient (Wildman–Crippen LogP) is 2.16. The number of aliphatic hydroxyl groups is 1. The number of hydrogen-bond acceptors (Lipinski definition) is 4. The van der Waals surface area contributed by atoms with Gasteiger partial charge in [-0.05, 0) is 12.8 Å². The van der Waals surface area contributed by atoms with Gasteiger partial charge in [-0.2, -0.15) is 0 Å². The van der Waals surface area contributed by atoms with Gasteiger partial charge in [0.2, 0.25) is 0 Å². The summed E-state index contributed by atoms with van der Waals surface area (Å²) in [6, 6.07) is 0. The minimum absolute atomic E-state index is 0. The Kier molecular flexibility index (Phi) is 21.7. The Balaban J connectivity index is 0. The molecule has 146 valence electrons. The van der Waals surface area contributed by atoms with Crippen molar-refractivity contribution < 1.29 is 69.5 Å². The molecule has 0 aromatic carbocycles. The van der Waals surface area contributed by atoms with Crippen LogP contribution in [0.5, 0.6) is 0 Å². The van der Waals surface area contributed by atoms with Gasteiger partial charge in [-0.25, -0.2) is 8.42 Å². The maximum atomic E-state index is 11.3. The van der Waals surface area contributed by atoms with Gasteiger partial charge in [0.25, 0.3) is 0 Å². The van der Waals surface area contributed by atoms with Crippen molar-refractivity contribution in [2.45, 2.75) is 122 Å². The van der Waals surface area contributed by atoms with E-state index in [2.05, 4.69) is 6.92 Å². The molecule has 0 aromatic rings. The Morgan fingerprint density at radius 3 is 1.52 bits per heavy atom. The van der Waals surface area contributed by atoms with Gasteiger partial charge in [0.1, 0.15) is 10.1 Å². The summed E-state index contributed by atoms with van der Waals surface area (Å²) in [6.45, 7) is 4.25. The molecule has 0 rings (SSSR count). The SMILES string of the molecule is CCCCCCCCCCCCC(O)C(CCCCC)S(=O)(=O)[O-].[K+]. The molecular formula is C19H39KO4S. The van der Waals surface area contributed by atoms with E-state index in [4.69, 9.17) is 0 Å². The molecule has 0 aliphatic rings. The zero-order valence-corrected chi connectivity index (χ0v) is 20.8. The summed E-state index contributed by atoms with van der Waals surface area (Å²) in [5.41, 5.74) is 0. The van der Waals surface area contributed by atoms with E-state index in [1.54, 1.807) is 0 Å². The molecule has 0 aliphatic carbocycles. The molecule has 0 aliphatic heterocycles. The number of aliphatic hydroxyl groups excluding tert-OH is 1. The Morgan fingerprint density at radius 1 is 0.720 bits per heavy atom. The van der Waals surface area contributed by atoms with Gasteiger partial charge in [-0.3, -0.25) is 0 Å². The van der Waals surface area contributed by atoms with Crippen molar-refractivity contribution in [3.8, 4) is 0 Å². The van der Waals surface area contributed by atoms with Crippen LogP contribution in [0, 0.1) is 0 Å². The molecule has 0 aromatic heterocycles. The Hall–Kier alpha value is 1.51. The molecule has 0 heterocycles. The zero-order valence-electron chi connectivity index (χ0n) is 16.8. The van der Waals surface area contributed by atoms with E-state index in [0.29, 0.717) is 19.3 Å². The van der Waals surface area contributed by atoms with Gasteiger partial charge < -0.3 is 9.66 Å². The van der Waals surface area contributed by atoms with E-state index >= 15 is 0 Å². The predicted molar refractivity (Wildman–Crippen MR) is 100 cm³/mol. The quantitative estimate of drug-likeness (QED) is 0.230. The van der Waals surface area contributed by atoms with Gasteiger partial charge in [-0.1, -0.05) is 97.3 Å². The van der Waals surface area contributed by atoms with Gasteiger partial charge in [-0.15, -0.1) is 0 Å². The molecule has 0 bridgehead atoms. The van der Waals surface area contributed by atoms with Crippen LogP contribution in [0.25, 0.3) is 0 Å². The van der Waals surface area contributed by atoms with E-state index in [9.17, 15) is 18.1 Å². The minimum Gasteiger partial charge on any atom is -0.748 e. The van der Waals surface area contributed by atoms with E-state index in [-0.39, 0.29) is 51.4 Å². The summed E-state index contributed by atoms with van der Waals surface area (Å²) in [7, 11) is -4.41. The van der Waals surface area contributed by atoms with Crippen molar-refractivity contribution in [2.75, 3.05) is 0 Å². The average Bonchev–Trinajstić information content (AvgIpc) is 2.52. The maximum absolute atomic E-state index is 11.3. The van der Waals surface area contributed by atoms with Crippen molar-refractivity contribution in [3.05, 3.63) is 0 Å². The third-order valence-electron chi connectivity index (χ3n) is 4.75. The largest absolute Gasteiger partial charge is 1.00 e. The first-order valence-electron chi connectivity index (χ1n) is 10.1. The fourth-order valence-corrected chi connectivity index (χ4v) is 4.13. The van der Waals surface area contributed by atoms with Crippen molar-refractivity contribution in [1.82, 2.24) is 0 Å². The summed E-state index contributed by atoms with van der Waals surface area (Å²) in [5.74, 6) is 0. The van der Waals surface area contributed by atoms with Crippen LogP contribution in [0.2, 0.25) is 0 Å². The van der Waals surface area contributed by atoms with Gasteiger partial charge in [0, 0.05) is 0 Å². The third-order valence-corrected chi connectivity index (χ3v) is 6.04. The molecule has 25 heavy (non-hydrogen) atoms. The second kappa shape index (κ2) is 18.9. The third kappa shape index (κ3) is 17.3. The van der Waals surface area contributed by atoms with Gasteiger partial charge in [0.05, 0.1) is 11.4 Å². The first-order chi connectivity index (χ1) is 11.4. The summed E-state index contributed by atoms with van der Waals surface area (Å²) < 4.78 is 34.0. The Labute approximate surface area is 199 Å². The first-order valence-corrected chi connectivity index (χ1v) is 11.5. The fourth-order valence-electron chi connectivity index (χ4n) is 3.15. The number of rotatable bonds is 17. The molecular weight excluding hydrogens is 363 g/mol. The molecule has 0 fully saturated rings. The summed E-state index contributed by atoms with van der Waals surface area (Å²) >= 11 is 0. The molecule has 0 amide bonds. The summed E-state index contributed by atoms with van der Waals surface area (Å²) in [6.07, 6.45) is 14.3. The minimum atomic E-state index is -4.41. The smallest absolute Gasteiger partial charge is 0.748 e. The van der Waals surface area contributed by atoms with Crippen LogP contribution in [0.3, 0.4) is 0 Å². The van der Waals surface area contributed by atoms with Crippen LogP contribution in [0.1, 0.15) is 110 Å². The second-order valence-corrected chi connectivity index (χ2v) is 8.66. The molecule has 0 radical (unpaired) electrons. The van der Waals surface area contributed by atoms with Crippen molar-refractivity contribution in [1.29, 1.82) is 0 Å². The van der Waals surface area contributed by atoms with Crippen LogP contribution < -0.4 is 51.4 Å². The second-order valence-electron chi connectivity index (χ2n) is 7.07. The maximum Gasteiger partial charge on any atom is 1.00 e. The van der Waals surface area contributed by atoms with Gasteiger partial charge >= 0.3 is 51.4 Å². The molecule has 2 unspecified atom stereocenters.